The van der Waals surface area contributed by atoms with Crippen molar-refractivity contribution in [3.63, 3.8) is 0 Å². The van der Waals surface area contributed by atoms with Crippen LogP contribution in [0.1, 0.15) is 59.1 Å². The van der Waals surface area contributed by atoms with Crippen molar-refractivity contribution in [1.29, 1.82) is 0 Å². The molecular formula is C24H26N4O3S. The molecule has 1 aromatic heterocycles. The quantitative estimate of drug-likeness (QED) is 0.702. The van der Waals surface area contributed by atoms with Crippen molar-refractivity contribution in [2.24, 2.45) is 0 Å². The summed E-state index contributed by atoms with van der Waals surface area (Å²) in [6, 6.07) is 8.97. The molecule has 0 spiro atoms. The maximum absolute atomic E-state index is 12.6. The van der Waals surface area contributed by atoms with Gasteiger partial charge in [-0.2, -0.15) is 0 Å². The van der Waals surface area contributed by atoms with Crippen LogP contribution in [-0.2, 0) is 9.59 Å². The third-order valence-electron chi connectivity index (χ3n) is 5.81. The highest BCUT2D eigenvalue weighted by Gasteiger charge is 2.27. The van der Waals surface area contributed by atoms with Crippen LogP contribution in [0.25, 0.3) is 0 Å². The van der Waals surface area contributed by atoms with Gasteiger partial charge < -0.3 is 15.5 Å². The first kappa shape index (κ1) is 22.0. The number of benzene rings is 1. The number of aromatic nitrogens is 1. The number of nitrogens with zero attached hydrogens (tertiary/aromatic N) is 2. The number of carbonyl (C=O) groups is 3. The third kappa shape index (κ3) is 5.54. The molecule has 2 fully saturated rings. The molecule has 7 nitrogen and oxygen atoms in total. The summed E-state index contributed by atoms with van der Waals surface area (Å²) in [6.07, 6.45) is 4.06. The number of hydrogen-bond donors (Lipinski definition) is 2. The topological polar surface area (TPSA) is 91.4 Å². The number of piperidine rings is 1. The van der Waals surface area contributed by atoms with E-state index in [-0.39, 0.29) is 23.6 Å². The van der Waals surface area contributed by atoms with Crippen LogP contribution in [0.15, 0.2) is 35.7 Å². The largest absolute Gasteiger partial charge is 0.354 e. The average Bonchev–Trinajstić information content (AvgIpc) is 3.24. The highest BCUT2D eigenvalue weighted by molar-refractivity contribution is 7.09. The summed E-state index contributed by atoms with van der Waals surface area (Å²) in [5.41, 5.74) is 1.18. The van der Waals surface area contributed by atoms with Gasteiger partial charge in [-0.05, 0) is 44.2 Å². The zero-order valence-corrected chi connectivity index (χ0v) is 18.6. The summed E-state index contributed by atoms with van der Waals surface area (Å²) < 4.78 is 0. The van der Waals surface area contributed by atoms with E-state index in [4.69, 9.17) is 0 Å². The fourth-order valence-corrected chi connectivity index (χ4v) is 4.92. The Balaban J connectivity index is 1.30. The molecule has 1 atom stereocenters. The minimum Gasteiger partial charge on any atom is -0.354 e. The van der Waals surface area contributed by atoms with Crippen LogP contribution in [0.2, 0.25) is 0 Å². The van der Waals surface area contributed by atoms with Gasteiger partial charge in [0.1, 0.15) is 11.7 Å². The Hall–Kier alpha value is -3.18. The molecule has 3 heterocycles. The molecule has 0 radical (unpaired) electrons. The van der Waals surface area contributed by atoms with E-state index in [2.05, 4.69) is 27.5 Å². The maximum Gasteiger partial charge on any atom is 0.298 e. The Morgan fingerprint density at radius 3 is 2.69 bits per heavy atom. The fourth-order valence-electron chi connectivity index (χ4n) is 3.94. The monoisotopic (exact) mass is 450 g/mol. The SMILES string of the molecule is O=C(NC1CCCCNC1=O)c1csc(C2CCN(C(=O)C#Cc3ccccc3)CC2)n1. The zero-order valence-electron chi connectivity index (χ0n) is 17.8. The van der Waals surface area contributed by atoms with Gasteiger partial charge in [-0.3, -0.25) is 14.4 Å². The Morgan fingerprint density at radius 2 is 1.91 bits per heavy atom. The first-order valence-corrected chi connectivity index (χ1v) is 11.9. The second-order valence-corrected chi connectivity index (χ2v) is 8.96. The van der Waals surface area contributed by atoms with Crippen LogP contribution in [0.4, 0.5) is 0 Å². The molecule has 0 aliphatic carbocycles. The van der Waals surface area contributed by atoms with E-state index in [1.807, 2.05) is 30.3 Å². The Labute approximate surface area is 191 Å². The van der Waals surface area contributed by atoms with E-state index in [1.165, 1.54) is 11.3 Å². The van der Waals surface area contributed by atoms with Crippen LogP contribution in [0.5, 0.6) is 0 Å². The number of thiazole rings is 1. The second-order valence-electron chi connectivity index (χ2n) is 8.07. The summed E-state index contributed by atoms with van der Waals surface area (Å²) in [4.78, 5) is 43.4. The molecule has 166 valence electrons. The van der Waals surface area contributed by atoms with E-state index < -0.39 is 6.04 Å². The molecule has 0 saturated carbocycles. The molecule has 2 saturated heterocycles. The van der Waals surface area contributed by atoms with Crippen molar-refractivity contribution in [2.75, 3.05) is 19.6 Å². The normalized spacial score (nSPS) is 19.3. The zero-order chi connectivity index (χ0) is 22.3. The summed E-state index contributed by atoms with van der Waals surface area (Å²) in [7, 11) is 0. The molecule has 4 rings (SSSR count). The summed E-state index contributed by atoms with van der Waals surface area (Å²) in [5.74, 6) is 5.27. The van der Waals surface area contributed by atoms with Crippen molar-refractivity contribution in [1.82, 2.24) is 20.5 Å². The van der Waals surface area contributed by atoms with Gasteiger partial charge in [0, 0.05) is 42.4 Å². The predicted octanol–water partition coefficient (Wildman–Crippen LogP) is 2.30. The molecule has 1 unspecified atom stereocenters. The van der Waals surface area contributed by atoms with Crippen molar-refractivity contribution in [3.05, 3.63) is 52.0 Å². The molecule has 2 aliphatic rings. The molecule has 2 aliphatic heterocycles. The van der Waals surface area contributed by atoms with Crippen LogP contribution < -0.4 is 10.6 Å². The Morgan fingerprint density at radius 1 is 1.12 bits per heavy atom. The van der Waals surface area contributed by atoms with Gasteiger partial charge in [-0.1, -0.05) is 24.1 Å². The minimum atomic E-state index is -0.499. The highest BCUT2D eigenvalue weighted by Crippen LogP contribution is 2.30. The fraction of sp³-hybridized carbons (Fsp3) is 0.417. The van der Waals surface area contributed by atoms with Gasteiger partial charge in [-0.25, -0.2) is 4.98 Å². The second kappa shape index (κ2) is 10.4. The van der Waals surface area contributed by atoms with Gasteiger partial charge in [0.2, 0.25) is 5.91 Å². The molecule has 32 heavy (non-hydrogen) atoms. The number of nitrogens with one attached hydrogen (secondary N) is 2. The first-order valence-electron chi connectivity index (χ1n) is 11.0. The van der Waals surface area contributed by atoms with Crippen molar-refractivity contribution >= 4 is 29.1 Å². The van der Waals surface area contributed by atoms with Gasteiger partial charge in [-0.15, -0.1) is 11.3 Å². The van der Waals surface area contributed by atoms with Crippen molar-refractivity contribution in [2.45, 2.75) is 44.1 Å². The smallest absolute Gasteiger partial charge is 0.298 e. The molecule has 0 bridgehead atoms. The number of carbonyl (C=O) groups excluding carboxylic acids is 3. The van der Waals surface area contributed by atoms with Gasteiger partial charge >= 0.3 is 0 Å². The number of rotatable bonds is 3. The lowest BCUT2D eigenvalue weighted by Gasteiger charge is -2.29. The van der Waals surface area contributed by atoms with E-state index in [0.29, 0.717) is 31.7 Å². The molecule has 3 amide bonds. The van der Waals surface area contributed by atoms with Crippen molar-refractivity contribution in [3.8, 4) is 11.8 Å². The Bertz CT molecular complexity index is 1030. The maximum atomic E-state index is 12.6. The van der Waals surface area contributed by atoms with Crippen molar-refractivity contribution < 1.29 is 14.4 Å². The van der Waals surface area contributed by atoms with E-state index in [0.717, 1.165) is 36.3 Å². The average molecular weight is 451 g/mol. The number of likely N-dealkylation sites (tertiary alicyclic amines) is 1. The third-order valence-corrected chi connectivity index (χ3v) is 6.82. The van der Waals surface area contributed by atoms with E-state index in [9.17, 15) is 14.4 Å². The van der Waals surface area contributed by atoms with E-state index in [1.54, 1.807) is 10.3 Å². The lowest BCUT2D eigenvalue weighted by molar-refractivity contribution is -0.126. The molecular weight excluding hydrogens is 424 g/mol. The first-order chi connectivity index (χ1) is 15.6. The standard InChI is InChI=1S/C24H26N4O3S/c29-21(10-9-17-6-2-1-3-7-17)28-14-11-18(12-15-28)24-27-20(16-32-24)23(31)26-19-8-4-5-13-25-22(19)30/h1-3,6-7,16,18-19H,4-5,8,11-15H2,(H,25,30)(H,26,31). The van der Waals surface area contributed by atoms with Gasteiger partial charge in [0.05, 0.1) is 5.01 Å². The molecule has 2 N–H and O–H groups in total. The van der Waals surface area contributed by atoms with Crippen LogP contribution in [-0.4, -0.2) is 53.3 Å². The summed E-state index contributed by atoms with van der Waals surface area (Å²) >= 11 is 1.46. The summed E-state index contributed by atoms with van der Waals surface area (Å²) in [6.45, 7) is 1.90. The lowest BCUT2D eigenvalue weighted by Crippen LogP contribution is -2.45. The minimum absolute atomic E-state index is 0.126. The molecule has 2 aromatic rings. The number of hydrogen-bond acceptors (Lipinski definition) is 5. The van der Waals surface area contributed by atoms with Crippen LogP contribution >= 0.6 is 11.3 Å². The van der Waals surface area contributed by atoms with Gasteiger partial charge in [0.15, 0.2) is 0 Å². The highest BCUT2D eigenvalue weighted by atomic mass is 32.1. The lowest BCUT2D eigenvalue weighted by atomic mass is 9.97. The van der Waals surface area contributed by atoms with Gasteiger partial charge in [0.25, 0.3) is 11.8 Å². The summed E-state index contributed by atoms with van der Waals surface area (Å²) in [5, 5.41) is 8.30. The van der Waals surface area contributed by atoms with Crippen LogP contribution in [0.3, 0.4) is 0 Å². The molecule has 8 heteroatoms. The Kier molecular flexibility index (Phi) is 7.17. The van der Waals surface area contributed by atoms with E-state index >= 15 is 0 Å². The molecule has 1 aromatic carbocycles. The van der Waals surface area contributed by atoms with Crippen LogP contribution in [0, 0.1) is 11.8 Å². The predicted molar refractivity (Wildman–Crippen MR) is 122 cm³/mol. The number of amides is 3.